The predicted molar refractivity (Wildman–Crippen MR) is 120 cm³/mol. The molecule has 1 spiro atoms. The summed E-state index contributed by atoms with van der Waals surface area (Å²) in [5.41, 5.74) is 0.706. The number of sulfonamides is 1. The van der Waals surface area contributed by atoms with Crippen LogP contribution in [0.15, 0.2) is 34.1 Å². The van der Waals surface area contributed by atoms with Gasteiger partial charge >= 0.3 is 0 Å². The van der Waals surface area contributed by atoms with E-state index in [9.17, 15) is 18.0 Å². The third kappa shape index (κ3) is 3.15. The highest BCUT2D eigenvalue weighted by Crippen LogP contribution is 2.47. The van der Waals surface area contributed by atoms with Gasteiger partial charge in [-0.25, -0.2) is 8.42 Å². The summed E-state index contributed by atoms with van der Waals surface area (Å²) in [6.45, 7) is 2.13. The van der Waals surface area contributed by atoms with Gasteiger partial charge in [-0.15, -0.1) is 11.8 Å². The minimum atomic E-state index is -3.80. The highest BCUT2D eigenvalue weighted by Gasteiger charge is 2.47. The summed E-state index contributed by atoms with van der Waals surface area (Å²) < 4.78 is 35.6. The molecule has 1 aliphatic carbocycles. The number of rotatable bonds is 2. The van der Waals surface area contributed by atoms with Crippen molar-refractivity contribution in [3.05, 3.63) is 51.1 Å². The fourth-order valence-corrected chi connectivity index (χ4v) is 7.83. The fraction of sp³-hybridized carbons (Fsp3) is 0.381. The zero-order chi connectivity index (χ0) is 22.8. The van der Waals surface area contributed by atoms with Crippen LogP contribution in [0.2, 0.25) is 5.15 Å². The largest absolute Gasteiger partial charge is 0.484 e. The number of ether oxygens (including phenoxy) is 1. The van der Waals surface area contributed by atoms with Crippen LogP contribution >= 0.6 is 23.4 Å². The molecule has 0 amide bonds. The molecule has 0 radical (unpaired) electrons. The third-order valence-corrected chi connectivity index (χ3v) is 10.1. The Morgan fingerprint density at radius 1 is 1.12 bits per heavy atom. The number of nitrogens with zero attached hydrogens (tertiary/aromatic N) is 3. The molecule has 11 heteroatoms. The Hall–Kier alpha value is -2.14. The SMILES string of the molecule is Cc1nn(C)c(Cl)c1S(=O)(=O)N1CCC2(CC1)CSC1=C(O2)c2ccccc2C(=O)C1=O. The van der Waals surface area contributed by atoms with Gasteiger partial charge in [-0.3, -0.25) is 14.3 Å². The van der Waals surface area contributed by atoms with E-state index < -0.39 is 27.2 Å². The van der Waals surface area contributed by atoms with Gasteiger partial charge < -0.3 is 4.74 Å². The Morgan fingerprint density at radius 2 is 1.78 bits per heavy atom. The first-order valence-electron chi connectivity index (χ1n) is 10.1. The lowest BCUT2D eigenvalue weighted by Crippen LogP contribution is -2.50. The number of hydrogen-bond donors (Lipinski definition) is 0. The molecule has 0 N–H and O–H groups in total. The van der Waals surface area contributed by atoms with Gasteiger partial charge in [0.1, 0.15) is 26.3 Å². The summed E-state index contributed by atoms with van der Waals surface area (Å²) in [7, 11) is -2.20. The van der Waals surface area contributed by atoms with Gasteiger partial charge in [0, 0.05) is 49.9 Å². The highest BCUT2D eigenvalue weighted by molar-refractivity contribution is 8.04. The molecule has 5 rings (SSSR count). The van der Waals surface area contributed by atoms with Crippen molar-refractivity contribution in [3.63, 3.8) is 0 Å². The Balaban J connectivity index is 1.41. The molecule has 2 aliphatic heterocycles. The second-order valence-electron chi connectivity index (χ2n) is 8.17. The van der Waals surface area contributed by atoms with E-state index in [1.165, 1.54) is 20.7 Å². The summed E-state index contributed by atoms with van der Waals surface area (Å²) >= 11 is 7.53. The lowest BCUT2D eigenvalue weighted by Gasteiger charge is -2.45. The molecule has 3 heterocycles. The quantitative estimate of drug-likeness (QED) is 0.593. The normalized spacial score (nSPS) is 20.8. The molecule has 1 saturated heterocycles. The summed E-state index contributed by atoms with van der Waals surface area (Å²) in [4.78, 5) is 25.4. The van der Waals surface area contributed by atoms with Crippen LogP contribution in [-0.2, 0) is 26.6 Å². The van der Waals surface area contributed by atoms with Gasteiger partial charge in [0.2, 0.25) is 21.6 Å². The maximum absolute atomic E-state index is 13.2. The molecule has 0 unspecified atom stereocenters. The Morgan fingerprint density at radius 3 is 2.41 bits per heavy atom. The number of ketones is 2. The molecule has 0 atom stereocenters. The smallest absolute Gasteiger partial charge is 0.248 e. The van der Waals surface area contributed by atoms with Gasteiger partial charge in [0.15, 0.2) is 0 Å². The van der Waals surface area contributed by atoms with E-state index in [1.807, 2.05) is 0 Å². The number of piperidine rings is 1. The Kier molecular flexibility index (Phi) is 5.05. The van der Waals surface area contributed by atoms with Crippen molar-refractivity contribution in [1.29, 1.82) is 0 Å². The first-order chi connectivity index (χ1) is 15.1. The fourth-order valence-electron chi connectivity index (χ4n) is 4.43. The second-order valence-corrected chi connectivity index (χ2v) is 11.4. The Labute approximate surface area is 194 Å². The number of benzene rings is 1. The van der Waals surface area contributed by atoms with Crippen LogP contribution in [0.25, 0.3) is 5.76 Å². The van der Waals surface area contributed by atoms with Crippen LogP contribution in [0.1, 0.15) is 34.5 Å². The monoisotopic (exact) mass is 493 g/mol. The lowest BCUT2D eigenvalue weighted by atomic mass is 9.90. The van der Waals surface area contributed by atoms with Crippen LogP contribution in [0.5, 0.6) is 0 Å². The lowest BCUT2D eigenvalue weighted by molar-refractivity contribution is -0.111. The number of carbonyl (C=O) groups excluding carboxylic acids is 2. The highest BCUT2D eigenvalue weighted by atomic mass is 35.5. The van der Waals surface area contributed by atoms with Gasteiger partial charge in [-0.2, -0.15) is 9.40 Å². The minimum Gasteiger partial charge on any atom is -0.484 e. The van der Waals surface area contributed by atoms with Crippen molar-refractivity contribution in [3.8, 4) is 0 Å². The second kappa shape index (κ2) is 7.44. The van der Waals surface area contributed by atoms with E-state index in [0.717, 1.165) is 0 Å². The number of allylic oxidation sites excluding steroid dienone is 1. The summed E-state index contributed by atoms with van der Waals surface area (Å²) in [5, 5.41) is 4.21. The van der Waals surface area contributed by atoms with Crippen molar-refractivity contribution in [2.75, 3.05) is 18.8 Å². The molecular weight excluding hydrogens is 474 g/mol. The van der Waals surface area contributed by atoms with Crippen molar-refractivity contribution in [2.45, 2.75) is 30.3 Å². The van der Waals surface area contributed by atoms with Crippen molar-refractivity contribution in [1.82, 2.24) is 14.1 Å². The number of halogens is 1. The van der Waals surface area contributed by atoms with Crippen LogP contribution in [0, 0.1) is 6.92 Å². The molecule has 0 saturated carbocycles. The number of fused-ring (bicyclic) bond motifs is 2. The van der Waals surface area contributed by atoms with E-state index in [1.54, 1.807) is 38.2 Å². The number of aromatic nitrogens is 2. The van der Waals surface area contributed by atoms with Gasteiger partial charge in [0.05, 0.1) is 5.69 Å². The van der Waals surface area contributed by atoms with Crippen LogP contribution in [-0.4, -0.2) is 58.5 Å². The third-order valence-electron chi connectivity index (χ3n) is 6.16. The zero-order valence-corrected chi connectivity index (χ0v) is 19.8. The van der Waals surface area contributed by atoms with E-state index >= 15 is 0 Å². The van der Waals surface area contributed by atoms with Gasteiger partial charge in [-0.1, -0.05) is 35.9 Å². The minimum absolute atomic E-state index is 0.0341. The van der Waals surface area contributed by atoms with Gasteiger partial charge in [0.25, 0.3) is 0 Å². The van der Waals surface area contributed by atoms with Gasteiger partial charge in [-0.05, 0) is 6.92 Å². The number of aryl methyl sites for hydroxylation is 2. The van der Waals surface area contributed by atoms with E-state index in [-0.39, 0.29) is 23.1 Å². The maximum atomic E-state index is 13.2. The number of hydrogen-bond acceptors (Lipinski definition) is 7. The van der Waals surface area contributed by atoms with Crippen LogP contribution < -0.4 is 0 Å². The summed E-state index contributed by atoms with van der Waals surface area (Å²) in [6, 6.07) is 6.93. The molecule has 2 aromatic rings. The van der Waals surface area contributed by atoms with E-state index in [2.05, 4.69) is 5.10 Å². The molecule has 1 aromatic carbocycles. The van der Waals surface area contributed by atoms with Crippen molar-refractivity contribution >= 4 is 50.7 Å². The first kappa shape index (κ1) is 21.7. The molecular formula is C21H20ClN3O5S2. The zero-order valence-electron chi connectivity index (χ0n) is 17.4. The maximum Gasteiger partial charge on any atom is 0.248 e. The number of Topliss-reactive ketones (excluding diaryl/α,β-unsaturated/α-hetero) is 2. The summed E-state index contributed by atoms with van der Waals surface area (Å²) in [6.07, 6.45) is 0.911. The summed E-state index contributed by atoms with van der Waals surface area (Å²) in [5.74, 6) is -0.145. The standard InChI is InChI=1S/C21H20ClN3O5S2/c1-12-19(20(22)24(2)23-12)32(28,29)25-9-7-21(8-10-25)11-31-18-16(27)15(26)13-5-3-4-6-14(13)17(18)30-21/h3-6H,7-11H2,1-2H3. The Bertz CT molecular complexity index is 1310. The van der Waals surface area contributed by atoms with Crippen molar-refractivity contribution < 1.29 is 22.7 Å². The van der Waals surface area contributed by atoms with E-state index in [4.69, 9.17) is 16.3 Å². The van der Waals surface area contributed by atoms with Crippen LogP contribution in [0.3, 0.4) is 0 Å². The molecule has 0 bridgehead atoms. The van der Waals surface area contributed by atoms with Crippen LogP contribution in [0.4, 0.5) is 0 Å². The molecule has 3 aliphatic rings. The van der Waals surface area contributed by atoms with E-state index in [0.29, 0.717) is 46.1 Å². The topological polar surface area (TPSA) is 98.6 Å². The molecule has 32 heavy (non-hydrogen) atoms. The average molecular weight is 494 g/mol. The molecule has 8 nitrogen and oxygen atoms in total. The first-order valence-corrected chi connectivity index (χ1v) is 12.9. The average Bonchev–Trinajstić information content (AvgIpc) is 3.04. The number of thioether (sulfide) groups is 1. The molecule has 1 fully saturated rings. The predicted octanol–water partition coefficient (Wildman–Crippen LogP) is 2.80. The van der Waals surface area contributed by atoms with Crippen molar-refractivity contribution in [2.24, 2.45) is 7.05 Å². The molecule has 1 aromatic heterocycles. The molecule has 168 valence electrons. The number of carbonyl (C=O) groups is 2.